The molecule has 7 heteroatoms. The SMILES string of the molecule is CC(C)(C)c1cc(-c2cccc(-c3[n-]nc4ccccc34)n2)[n-]n1.CC(C)(C)c1ccncc1.[Pt+2]. The fraction of sp³-hybridized carbons (Fsp3) is 0.286. The molecule has 5 aromatic rings. The van der Waals surface area contributed by atoms with Gasteiger partial charge in [0.05, 0.1) is 11.4 Å². The van der Waals surface area contributed by atoms with Gasteiger partial charge in [0.25, 0.3) is 0 Å². The van der Waals surface area contributed by atoms with Gasteiger partial charge in [-0.2, -0.15) is 0 Å². The van der Waals surface area contributed by atoms with E-state index in [4.69, 9.17) is 4.98 Å². The van der Waals surface area contributed by atoms with Gasteiger partial charge in [-0.15, -0.1) is 0 Å². The maximum atomic E-state index is 4.73. The Morgan fingerprint density at radius 1 is 0.686 bits per heavy atom. The van der Waals surface area contributed by atoms with Crippen molar-refractivity contribution in [3.05, 3.63) is 84.3 Å². The molecule has 6 nitrogen and oxygen atoms in total. The van der Waals surface area contributed by atoms with Gasteiger partial charge in [0.2, 0.25) is 0 Å². The van der Waals surface area contributed by atoms with Gasteiger partial charge in [-0.1, -0.05) is 83.3 Å². The third kappa shape index (κ3) is 6.32. The monoisotopic (exact) mass is 645 g/mol. The van der Waals surface area contributed by atoms with E-state index in [1.165, 1.54) is 5.56 Å². The molecular formula is C28H30N6Pt. The van der Waals surface area contributed by atoms with Gasteiger partial charge in [-0.25, -0.2) is 0 Å². The summed E-state index contributed by atoms with van der Waals surface area (Å²) in [5.74, 6) is 0. The second-order valence-electron chi connectivity index (χ2n) is 10.3. The predicted molar refractivity (Wildman–Crippen MR) is 136 cm³/mol. The van der Waals surface area contributed by atoms with Crippen molar-refractivity contribution in [1.82, 2.24) is 30.4 Å². The van der Waals surface area contributed by atoms with E-state index in [1.807, 2.05) is 60.9 Å². The van der Waals surface area contributed by atoms with Crippen LogP contribution in [-0.2, 0) is 31.9 Å². The molecule has 0 unspecified atom stereocenters. The number of aromatic nitrogens is 6. The first-order chi connectivity index (χ1) is 16.1. The normalized spacial score (nSPS) is 11.5. The second kappa shape index (κ2) is 10.7. The molecule has 0 saturated carbocycles. The molecule has 0 spiro atoms. The van der Waals surface area contributed by atoms with Crippen LogP contribution in [0, 0.1) is 0 Å². The summed E-state index contributed by atoms with van der Waals surface area (Å²) in [6.07, 6.45) is 3.67. The quantitative estimate of drug-likeness (QED) is 0.236. The summed E-state index contributed by atoms with van der Waals surface area (Å²) in [6, 6.07) is 19.9. The average molecular weight is 646 g/mol. The molecular weight excluding hydrogens is 615 g/mol. The Bertz CT molecular complexity index is 1370. The van der Waals surface area contributed by atoms with Crippen LogP contribution in [0.5, 0.6) is 0 Å². The molecule has 4 heterocycles. The summed E-state index contributed by atoms with van der Waals surface area (Å²) in [4.78, 5) is 8.68. The number of hydrogen-bond acceptors (Lipinski definition) is 4. The Morgan fingerprint density at radius 3 is 2.00 bits per heavy atom. The fourth-order valence-electron chi connectivity index (χ4n) is 3.46. The minimum atomic E-state index is -0.0315. The first-order valence-electron chi connectivity index (χ1n) is 11.4. The van der Waals surface area contributed by atoms with E-state index in [1.54, 1.807) is 0 Å². The molecule has 35 heavy (non-hydrogen) atoms. The van der Waals surface area contributed by atoms with Gasteiger partial charge in [0.1, 0.15) is 0 Å². The van der Waals surface area contributed by atoms with E-state index in [9.17, 15) is 0 Å². The van der Waals surface area contributed by atoms with E-state index >= 15 is 0 Å². The Hall–Kier alpha value is -3.11. The smallest absolute Gasteiger partial charge is 0.573 e. The van der Waals surface area contributed by atoms with Crippen LogP contribution in [0.15, 0.2) is 73.1 Å². The van der Waals surface area contributed by atoms with Crippen molar-refractivity contribution >= 4 is 10.9 Å². The Kier molecular flexibility index (Phi) is 8.07. The summed E-state index contributed by atoms with van der Waals surface area (Å²) in [5, 5.41) is 18.1. The molecule has 0 atom stereocenters. The minimum absolute atomic E-state index is 0. The molecule has 1 aromatic carbocycles. The standard InChI is InChI=1S/C19H17N5.C9H13N.Pt/c1-19(2,3)17-11-16(22-23-17)14-9-6-10-15(20-14)18-12-7-4-5-8-13(12)21-24-18;1-9(2,3)8-4-6-10-7-5-8;/h4-11H,1-3H3;4-7H,1-3H3;/q-2;;+2. The molecule has 5 rings (SSSR count). The molecule has 0 amide bonds. The molecule has 0 aliphatic carbocycles. The third-order valence-corrected chi connectivity index (χ3v) is 5.52. The summed E-state index contributed by atoms with van der Waals surface area (Å²) < 4.78 is 0. The first-order valence-corrected chi connectivity index (χ1v) is 11.4. The Morgan fingerprint density at radius 2 is 1.37 bits per heavy atom. The predicted octanol–water partition coefficient (Wildman–Crippen LogP) is 5.95. The maximum Gasteiger partial charge on any atom is 2.00 e. The van der Waals surface area contributed by atoms with Gasteiger partial charge in [-0.3, -0.25) is 9.97 Å². The summed E-state index contributed by atoms with van der Waals surface area (Å²) in [6.45, 7) is 13.0. The zero-order chi connectivity index (χ0) is 24.3. The van der Waals surface area contributed by atoms with E-state index in [0.717, 1.165) is 39.4 Å². The zero-order valence-corrected chi connectivity index (χ0v) is 23.2. The van der Waals surface area contributed by atoms with Crippen molar-refractivity contribution in [2.45, 2.75) is 52.4 Å². The molecule has 0 N–H and O–H groups in total. The topological polar surface area (TPSA) is 79.8 Å². The molecule has 0 bridgehead atoms. The number of benzene rings is 1. The van der Waals surface area contributed by atoms with E-state index in [0.29, 0.717) is 0 Å². The molecule has 0 fully saturated rings. The van der Waals surface area contributed by atoms with Crippen LogP contribution in [0.2, 0.25) is 0 Å². The summed E-state index contributed by atoms with van der Waals surface area (Å²) in [7, 11) is 0. The van der Waals surface area contributed by atoms with Gasteiger partial charge in [0, 0.05) is 29.0 Å². The van der Waals surface area contributed by atoms with Crippen molar-refractivity contribution in [3.63, 3.8) is 0 Å². The van der Waals surface area contributed by atoms with Crippen molar-refractivity contribution in [2.24, 2.45) is 0 Å². The number of fused-ring (bicyclic) bond motifs is 1. The zero-order valence-electron chi connectivity index (χ0n) is 20.9. The Labute approximate surface area is 221 Å². The van der Waals surface area contributed by atoms with Crippen LogP contribution in [0.25, 0.3) is 33.7 Å². The van der Waals surface area contributed by atoms with E-state index in [-0.39, 0.29) is 31.9 Å². The minimum Gasteiger partial charge on any atom is -0.573 e. The molecule has 0 aliphatic heterocycles. The van der Waals surface area contributed by atoms with Crippen LogP contribution in [0.4, 0.5) is 0 Å². The number of nitrogens with zero attached hydrogens (tertiary/aromatic N) is 6. The van der Waals surface area contributed by atoms with Crippen molar-refractivity contribution in [1.29, 1.82) is 0 Å². The van der Waals surface area contributed by atoms with Crippen molar-refractivity contribution < 1.29 is 21.1 Å². The Balaban J connectivity index is 0.000000264. The molecule has 4 aromatic heterocycles. The average Bonchev–Trinajstić information content (AvgIpc) is 3.48. The summed E-state index contributed by atoms with van der Waals surface area (Å²) in [5.41, 5.74) is 6.56. The fourth-order valence-corrected chi connectivity index (χ4v) is 3.46. The van der Waals surface area contributed by atoms with E-state index < -0.39 is 0 Å². The largest absolute Gasteiger partial charge is 2.00 e. The van der Waals surface area contributed by atoms with Gasteiger partial charge in [0.15, 0.2) is 0 Å². The maximum absolute atomic E-state index is 4.73. The van der Waals surface area contributed by atoms with Gasteiger partial charge >= 0.3 is 21.1 Å². The van der Waals surface area contributed by atoms with Crippen LogP contribution in [0.1, 0.15) is 52.8 Å². The second-order valence-corrected chi connectivity index (χ2v) is 10.3. The molecule has 182 valence electrons. The number of rotatable bonds is 2. The summed E-state index contributed by atoms with van der Waals surface area (Å²) >= 11 is 0. The van der Waals surface area contributed by atoms with E-state index in [2.05, 4.69) is 79.1 Å². The first kappa shape index (κ1) is 26.5. The van der Waals surface area contributed by atoms with Crippen LogP contribution >= 0.6 is 0 Å². The van der Waals surface area contributed by atoms with Crippen LogP contribution in [0.3, 0.4) is 0 Å². The molecule has 0 saturated heterocycles. The van der Waals surface area contributed by atoms with Crippen molar-refractivity contribution in [2.75, 3.05) is 0 Å². The number of hydrogen-bond donors (Lipinski definition) is 0. The third-order valence-electron chi connectivity index (χ3n) is 5.52. The van der Waals surface area contributed by atoms with Crippen LogP contribution in [-0.4, -0.2) is 20.2 Å². The molecule has 0 radical (unpaired) electrons. The number of pyridine rings is 2. The van der Waals surface area contributed by atoms with Gasteiger partial charge in [-0.05, 0) is 46.7 Å². The van der Waals surface area contributed by atoms with Gasteiger partial charge < -0.3 is 20.4 Å². The van der Waals surface area contributed by atoms with Crippen LogP contribution < -0.4 is 10.2 Å². The molecule has 0 aliphatic rings. The van der Waals surface area contributed by atoms with Crippen molar-refractivity contribution in [3.8, 4) is 22.8 Å².